The second kappa shape index (κ2) is 7.09. The normalized spacial score (nSPS) is 14.4. The Balaban J connectivity index is 2.81. The van der Waals surface area contributed by atoms with Gasteiger partial charge in [0, 0.05) is 29.9 Å². The summed E-state index contributed by atoms with van der Waals surface area (Å²) in [5.74, 6) is 0.0759. The molecule has 0 bridgehead atoms. The minimum atomic E-state index is -3.03. The van der Waals surface area contributed by atoms with Crippen LogP contribution in [-0.2, 0) is 9.84 Å². The molecule has 0 aliphatic carbocycles. The zero-order valence-corrected chi connectivity index (χ0v) is 14.6. The molecule has 0 fully saturated rings. The molecule has 0 aromatic heterocycles. The summed E-state index contributed by atoms with van der Waals surface area (Å²) in [7, 11) is -3.03. The molecular formula is C15H24ClNO3S. The molecule has 1 aromatic rings. The van der Waals surface area contributed by atoms with Crippen LogP contribution < -0.4 is 0 Å². The molecule has 1 aromatic carbocycles. The Kier molecular flexibility index (Phi) is 6.23. The Hall–Kier alpha value is -0.620. The molecule has 1 rings (SSSR count). The second-order valence-corrected chi connectivity index (χ2v) is 9.01. The Labute approximate surface area is 132 Å². The van der Waals surface area contributed by atoms with E-state index < -0.39 is 15.9 Å². The summed E-state index contributed by atoms with van der Waals surface area (Å²) in [6, 6.07) is 7.08. The lowest BCUT2D eigenvalue weighted by Gasteiger charge is -2.37. The number of benzene rings is 1. The predicted molar refractivity (Wildman–Crippen MR) is 87.4 cm³/mol. The van der Waals surface area contributed by atoms with Crippen LogP contribution in [0.1, 0.15) is 32.4 Å². The molecule has 21 heavy (non-hydrogen) atoms. The molecule has 0 saturated carbocycles. The number of nitrogens with zero attached hydrogens (tertiary/aromatic N) is 1. The average molecular weight is 334 g/mol. The van der Waals surface area contributed by atoms with E-state index >= 15 is 0 Å². The van der Waals surface area contributed by atoms with Gasteiger partial charge < -0.3 is 5.11 Å². The topological polar surface area (TPSA) is 57.6 Å². The van der Waals surface area contributed by atoms with Gasteiger partial charge >= 0.3 is 0 Å². The van der Waals surface area contributed by atoms with E-state index in [0.717, 1.165) is 5.56 Å². The van der Waals surface area contributed by atoms with Gasteiger partial charge in [-0.05, 0) is 38.5 Å². The van der Waals surface area contributed by atoms with Crippen molar-refractivity contribution in [3.8, 4) is 0 Å². The van der Waals surface area contributed by atoms with Gasteiger partial charge in [0.15, 0.2) is 0 Å². The van der Waals surface area contributed by atoms with E-state index in [1.54, 1.807) is 18.2 Å². The lowest BCUT2D eigenvalue weighted by molar-refractivity contribution is 0.0631. The predicted octanol–water partition coefficient (Wildman–Crippen LogP) is 2.52. The van der Waals surface area contributed by atoms with Crippen molar-refractivity contribution in [3.63, 3.8) is 0 Å². The van der Waals surface area contributed by atoms with Crippen LogP contribution in [0.4, 0.5) is 0 Å². The first kappa shape index (κ1) is 18.4. The molecule has 0 heterocycles. The maximum atomic E-state index is 11.4. The van der Waals surface area contributed by atoms with Gasteiger partial charge in [0.1, 0.15) is 9.84 Å². The smallest absolute Gasteiger partial charge is 0.148 e. The summed E-state index contributed by atoms with van der Waals surface area (Å²) in [5, 5.41) is 10.9. The maximum absolute atomic E-state index is 11.4. The van der Waals surface area contributed by atoms with Crippen LogP contribution in [0.2, 0.25) is 5.02 Å². The van der Waals surface area contributed by atoms with Crippen molar-refractivity contribution in [1.82, 2.24) is 4.90 Å². The minimum Gasteiger partial charge on any atom is -0.387 e. The van der Waals surface area contributed by atoms with Crippen LogP contribution in [0.5, 0.6) is 0 Å². The van der Waals surface area contributed by atoms with Gasteiger partial charge in [-0.1, -0.05) is 23.7 Å². The largest absolute Gasteiger partial charge is 0.387 e. The van der Waals surface area contributed by atoms with E-state index in [1.807, 2.05) is 31.7 Å². The Bertz CT molecular complexity index is 567. The van der Waals surface area contributed by atoms with Crippen molar-refractivity contribution in [2.24, 2.45) is 0 Å². The second-order valence-electron chi connectivity index (χ2n) is 6.32. The number of sulfone groups is 1. The summed E-state index contributed by atoms with van der Waals surface area (Å²) in [4.78, 5) is 1.97. The Morgan fingerprint density at radius 3 is 2.43 bits per heavy atom. The first-order chi connectivity index (χ1) is 9.49. The highest BCUT2D eigenvalue weighted by Gasteiger charge is 2.25. The molecule has 0 radical (unpaired) electrons. The third-order valence-corrected chi connectivity index (χ3v) is 4.47. The number of rotatable bonds is 6. The number of aliphatic hydroxyl groups excluding tert-OH is 1. The average Bonchev–Trinajstić information content (AvgIpc) is 2.31. The van der Waals surface area contributed by atoms with Gasteiger partial charge in [0.25, 0.3) is 0 Å². The molecule has 0 saturated heterocycles. The van der Waals surface area contributed by atoms with Crippen LogP contribution in [0.3, 0.4) is 0 Å². The van der Waals surface area contributed by atoms with Crippen molar-refractivity contribution in [2.45, 2.75) is 32.4 Å². The van der Waals surface area contributed by atoms with E-state index in [-0.39, 0.29) is 11.3 Å². The van der Waals surface area contributed by atoms with E-state index in [2.05, 4.69) is 0 Å². The van der Waals surface area contributed by atoms with E-state index in [4.69, 9.17) is 11.6 Å². The SMILES string of the molecule is CC(C)(C)N(CCS(C)(=O)=O)CC(O)c1cccc(Cl)c1. The first-order valence-electron chi connectivity index (χ1n) is 6.85. The summed E-state index contributed by atoms with van der Waals surface area (Å²) >= 11 is 5.93. The zero-order valence-electron chi connectivity index (χ0n) is 13.0. The van der Waals surface area contributed by atoms with Crippen molar-refractivity contribution < 1.29 is 13.5 Å². The van der Waals surface area contributed by atoms with E-state index in [0.29, 0.717) is 18.1 Å². The molecular weight excluding hydrogens is 310 g/mol. The standard InChI is InChI=1S/C15H24ClNO3S/c1-15(2,3)17(8-9-21(4,19)20)11-14(18)12-6-5-7-13(16)10-12/h5-7,10,14,18H,8-9,11H2,1-4H3. The monoisotopic (exact) mass is 333 g/mol. The van der Waals surface area contributed by atoms with Crippen LogP contribution in [-0.4, -0.2) is 49.1 Å². The third kappa shape index (κ3) is 6.78. The van der Waals surface area contributed by atoms with Gasteiger partial charge in [0.05, 0.1) is 11.9 Å². The van der Waals surface area contributed by atoms with Crippen LogP contribution in [0, 0.1) is 0 Å². The molecule has 1 atom stereocenters. The molecule has 0 spiro atoms. The van der Waals surface area contributed by atoms with Gasteiger partial charge in [-0.15, -0.1) is 0 Å². The lowest BCUT2D eigenvalue weighted by atomic mass is 10.0. The molecule has 120 valence electrons. The fraction of sp³-hybridized carbons (Fsp3) is 0.600. The highest BCUT2D eigenvalue weighted by atomic mass is 35.5. The maximum Gasteiger partial charge on any atom is 0.148 e. The summed E-state index contributed by atoms with van der Waals surface area (Å²) in [6.07, 6.45) is 0.517. The fourth-order valence-corrected chi connectivity index (χ4v) is 2.76. The van der Waals surface area contributed by atoms with Crippen LogP contribution in [0.25, 0.3) is 0 Å². The highest BCUT2D eigenvalue weighted by Crippen LogP contribution is 2.22. The van der Waals surface area contributed by atoms with Gasteiger partial charge in [0.2, 0.25) is 0 Å². The number of hydrogen-bond acceptors (Lipinski definition) is 4. The van der Waals surface area contributed by atoms with Crippen LogP contribution in [0.15, 0.2) is 24.3 Å². The highest BCUT2D eigenvalue weighted by molar-refractivity contribution is 7.90. The molecule has 0 aliphatic rings. The van der Waals surface area contributed by atoms with Crippen molar-refractivity contribution in [1.29, 1.82) is 0 Å². The Morgan fingerprint density at radius 2 is 1.95 bits per heavy atom. The van der Waals surface area contributed by atoms with Crippen molar-refractivity contribution in [3.05, 3.63) is 34.9 Å². The first-order valence-corrected chi connectivity index (χ1v) is 9.29. The third-order valence-electron chi connectivity index (χ3n) is 3.31. The molecule has 1 N–H and O–H groups in total. The number of halogens is 1. The fourth-order valence-electron chi connectivity index (χ4n) is 2.00. The summed E-state index contributed by atoms with van der Waals surface area (Å²) in [6.45, 7) is 6.75. The lowest BCUT2D eigenvalue weighted by Crippen LogP contribution is -2.45. The molecule has 0 aliphatic heterocycles. The molecule has 0 amide bonds. The van der Waals surface area contributed by atoms with Gasteiger partial charge in [-0.3, -0.25) is 4.90 Å². The van der Waals surface area contributed by atoms with Gasteiger partial charge in [-0.25, -0.2) is 8.42 Å². The van der Waals surface area contributed by atoms with Crippen molar-refractivity contribution in [2.75, 3.05) is 25.1 Å². The zero-order chi connectivity index (χ0) is 16.3. The number of β-amino-alcohol motifs (C(OH)–C–C–N with tert-alkyl or cyclic N) is 1. The van der Waals surface area contributed by atoms with E-state index in [1.165, 1.54) is 6.26 Å². The van der Waals surface area contributed by atoms with Crippen LogP contribution >= 0.6 is 11.6 Å². The molecule has 1 unspecified atom stereocenters. The minimum absolute atomic E-state index is 0.0759. The summed E-state index contributed by atoms with van der Waals surface area (Å²) < 4.78 is 22.7. The molecule has 6 heteroatoms. The summed E-state index contributed by atoms with van der Waals surface area (Å²) in [5.41, 5.74) is 0.501. The molecule has 4 nitrogen and oxygen atoms in total. The van der Waals surface area contributed by atoms with Gasteiger partial charge in [-0.2, -0.15) is 0 Å². The quantitative estimate of drug-likeness (QED) is 0.869. The van der Waals surface area contributed by atoms with Crippen molar-refractivity contribution >= 4 is 21.4 Å². The van der Waals surface area contributed by atoms with E-state index in [9.17, 15) is 13.5 Å². The Morgan fingerprint density at radius 1 is 1.33 bits per heavy atom. The number of aliphatic hydroxyl groups is 1. The number of hydrogen-bond donors (Lipinski definition) is 1.